The van der Waals surface area contributed by atoms with Crippen molar-refractivity contribution in [3.8, 4) is 5.75 Å². The van der Waals surface area contributed by atoms with Crippen molar-refractivity contribution >= 4 is 44.5 Å². The number of methoxy groups -OCH3 is 1. The Kier molecular flexibility index (Phi) is 7.54. The van der Waals surface area contributed by atoms with Gasteiger partial charge < -0.3 is 10.1 Å². The molecule has 0 spiro atoms. The second-order valence-corrected chi connectivity index (χ2v) is 9.82. The number of nitrogens with zero attached hydrogens (tertiary/aromatic N) is 2. The Morgan fingerprint density at radius 1 is 1.22 bits per heavy atom. The van der Waals surface area contributed by atoms with Crippen LogP contribution in [-0.4, -0.2) is 56.3 Å². The Morgan fingerprint density at radius 3 is 2.47 bits per heavy atom. The number of sulfonamides is 1. The van der Waals surface area contributed by atoms with Gasteiger partial charge in [0.1, 0.15) is 5.75 Å². The van der Waals surface area contributed by atoms with Crippen LogP contribution in [0.4, 0.5) is 5.69 Å². The molecule has 0 saturated carbocycles. The van der Waals surface area contributed by atoms with Crippen LogP contribution in [0.5, 0.6) is 5.75 Å². The third kappa shape index (κ3) is 6.09. The number of thioether (sulfide) groups is 1. The van der Waals surface area contributed by atoms with Crippen LogP contribution in [0.2, 0.25) is 0 Å². The van der Waals surface area contributed by atoms with Gasteiger partial charge >= 0.3 is 0 Å². The lowest BCUT2D eigenvalue weighted by molar-refractivity contribution is -0.129. The van der Waals surface area contributed by atoms with E-state index in [4.69, 9.17) is 9.88 Å². The van der Waals surface area contributed by atoms with Crippen molar-refractivity contribution in [1.82, 2.24) is 10.2 Å². The largest absolute Gasteiger partial charge is 0.497 e. The fourth-order valence-electron chi connectivity index (χ4n) is 2.95. The lowest BCUT2D eigenvalue weighted by atomic mass is 10.1. The number of hydrogen-bond acceptors (Lipinski definition) is 7. The molecule has 170 valence electrons. The van der Waals surface area contributed by atoms with Gasteiger partial charge in [-0.25, -0.2) is 18.5 Å². The molecule has 0 aliphatic carbocycles. The first-order valence-electron chi connectivity index (χ1n) is 9.73. The first-order chi connectivity index (χ1) is 15.2. The zero-order chi connectivity index (χ0) is 23.3. The van der Waals surface area contributed by atoms with Crippen LogP contribution in [0.1, 0.15) is 12.0 Å². The number of nitrogens with two attached hydrogens (primary N) is 1. The Labute approximate surface area is 191 Å². The van der Waals surface area contributed by atoms with Crippen LogP contribution in [0, 0.1) is 0 Å². The number of carbonyl (C=O) groups excluding carboxylic acids is 2. The van der Waals surface area contributed by atoms with Crippen LogP contribution in [0.25, 0.3) is 0 Å². The minimum Gasteiger partial charge on any atom is -0.497 e. The quantitative estimate of drug-likeness (QED) is 0.625. The van der Waals surface area contributed by atoms with Gasteiger partial charge in [-0.3, -0.25) is 14.5 Å². The SMILES string of the molecule is COc1ccc(N=C2S[C@@H](C(=O)NCCc3ccc(S(N)(=O)=O)cc3)CC(=O)N2C)cc1. The van der Waals surface area contributed by atoms with E-state index in [2.05, 4.69) is 10.3 Å². The van der Waals surface area contributed by atoms with Crippen LogP contribution in [0.15, 0.2) is 58.4 Å². The molecule has 3 N–H and O–H groups in total. The monoisotopic (exact) mass is 476 g/mol. The molecule has 2 aromatic carbocycles. The van der Waals surface area contributed by atoms with Gasteiger partial charge in [-0.15, -0.1) is 0 Å². The topological polar surface area (TPSA) is 131 Å². The van der Waals surface area contributed by atoms with E-state index in [0.29, 0.717) is 29.6 Å². The summed E-state index contributed by atoms with van der Waals surface area (Å²) in [6, 6.07) is 13.3. The first kappa shape index (κ1) is 23.8. The molecule has 0 bridgehead atoms. The van der Waals surface area contributed by atoms with Crippen LogP contribution < -0.4 is 15.2 Å². The molecule has 1 aliphatic heterocycles. The van der Waals surface area contributed by atoms with Crippen molar-refractivity contribution in [2.75, 3.05) is 20.7 Å². The third-order valence-electron chi connectivity index (χ3n) is 4.82. The van der Waals surface area contributed by atoms with E-state index in [1.165, 1.54) is 28.8 Å². The third-order valence-corrected chi connectivity index (χ3v) is 6.99. The van der Waals surface area contributed by atoms with E-state index in [1.54, 1.807) is 50.6 Å². The summed E-state index contributed by atoms with van der Waals surface area (Å²) >= 11 is 1.24. The molecule has 1 atom stereocenters. The second kappa shape index (κ2) is 10.2. The van der Waals surface area contributed by atoms with Gasteiger partial charge in [0.25, 0.3) is 0 Å². The molecule has 1 heterocycles. The number of primary sulfonamides is 1. The summed E-state index contributed by atoms with van der Waals surface area (Å²) in [4.78, 5) is 31.0. The van der Waals surface area contributed by atoms with Crippen LogP contribution >= 0.6 is 11.8 Å². The van der Waals surface area contributed by atoms with Crippen LogP contribution in [0.3, 0.4) is 0 Å². The summed E-state index contributed by atoms with van der Waals surface area (Å²) in [7, 11) is -0.523. The first-order valence-corrected chi connectivity index (χ1v) is 12.2. The zero-order valence-electron chi connectivity index (χ0n) is 17.6. The number of hydrogen-bond donors (Lipinski definition) is 2. The predicted molar refractivity (Wildman–Crippen MR) is 123 cm³/mol. The number of ether oxygens (including phenoxy) is 1. The van der Waals surface area contributed by atoms with Gasteiger partial charge in [-0.1, -0.05) is 23.9 Å². The number of amides is 2. The molecule has 2 amide bonds. The number of amidine groups is 1. The predicted octanol–water partition coefficient (Wildman–Crippen LogP) is 1.65. The highest BCUT2D eigenvalue weighted by Crippen LogP contribution is 2.28. The van der Waals surface area contributed by atoms with Gasteiger partial charge in [0.2, 0.25) is 21.8 Å². The maximum atomic E-state index is 12.6. The smallest absolute Gasteiger partial charge is 0.238 e. The molecule has 1 aliphatic rings. The molecular weight excluding hydrogens is 452 g/mol. The summed E-state index contributed by atoms with van der Waals surface area (Å²) in [5, 5.41) is 7.79. The molecule has 32 heavy (non-hydrogen) atoms. The fraction of sp³-hybridized carbons (Fsp3) is 0.286. The lowest BCUT2D eigenvalue weighted by Gasteiger charge is -2.28. The zero-order valence-corrected chi connectivity index (χ0v) is 19.3. The Bertz CT molecular complexity index is 1120. The van der Waals surface area contributed by atoms with Crippen LogP contribution in [-0.2, 0) is 26.0 Å². The molecule has 1 saturated heterocycles. The van der Waals surface area contributed by atoms with Gasteiger partial charge in [0.05, 0.1) is 22.9 Å². The summed E-state index contributed by atoms with van der Waals surface area (Å²) in [5.74, 6) is 0.265. The molecule has 0 unspecified atom stereocenters. The number of rotatable bonds is 7. The Balaban J connectivity index is 1.59. The van der Waals surface area contributed by atoms with Crippen molar-refractivity contribution < 1.29 is 22.7 Å². The van der Waals surface area contributed by atoms with Gasteiger partial charge in [-0.2, -0.15) is 0 Å². The molecule has 0 aromatic heterocycles. The second-order valence-electron chi connectivity index (χ2n) is 7.09. The Hall–Kier alpha value is -2.89. The molecule has 3 rings (SSSR count). The summed E-state index contributed by atoms with van der Waals surface area (Å²) in [6.45, 7) is 0.347. The van der Waals surface area contributed by atoms with Crippen molar-refractivity contribution in [3.63, 3.8) is 0 Å². The number of benzene rings is 2. The van der Waals surface area contributed by atoms with E-state index in [-0.39, 0.29) is 23.1 Å². The minimum atomic E-state index is -3.74. The van der Waals surface area contributed by atoms with Gasteiger partial charge in [-0.05, 0) is 48.4 Å². The molecule has 2 aromatic rings. The molecular formula is C21H24N4O5S2. The van der Waals surface area contributed by atoms with Gasteiger partial charge in [0.15, 0.2) is 5.17 Å². The molecule has 9 nitrogen and oxygen atoms in total. The van der Waals surface area contributed by atoms with Crippen molar-refractivity contribution in [2.24, 2.45) is 10.1 Å². The standard InChI is InChI=1S/C21H24N4O5S2/c1-25-19(26)13-18(31-21(25)24-15-5-7-16(30-2)8-6-15)20(27)23-12-11-14-3-9-17(10-4-14)32(22,28)29/h3-10,18H,11-13H2,1-2H3,(H,23,27)(H2,22,28,29)/t18-/m1/s1. The highest BCUT2D eigenvalue weighted by atomic mass is 32.2. The fourth-order valence-corrected chi connectivity index (χ4v) is 4.56. The maximum Gasteiger partial charge on any atom is 0.238 e. The van der Waals surface area contributed by atoms with Gasteiger partial charge in [0, 0.05) is 20.0 Å². The van der Waals surface area contributed by atoms with Crippen molar-refractivity contribution in [1.29, 1.82) is 0 Å². The van der Waals surface area contributed by atoms with Crippen molar-refractivity contribution in [2.45, 2.75) is 23.0 Å². The number of nitrogens with one attached hydrogen (secondary N) is 1. The molecule has 1 fully saturated rings. The average molecular weight is 477 g/mol. The highest BCUT2D eigenvalue weighted by molar-refractivity contribution is 8.15. The summed E-state index contributed by atoms with van der Waals surface area (Å²) in [5.41, 5.74) is 1.50. The van der Waals surface area contributed by atoms with E-state index in [1.807, 2.05) is 0 Å². The van der Waals surface area contributed by atoms with Crippen molar-refractivity contribution in [3.05, 3.63) is 54.1 Å². The van der Waals surface area contributed by atoms with E-state index in [0.717, 1.165) is 5.56 Å². The Morgan fingerprint density at radius 2 is 1.88 bits per heavy atom. The van der Waals surface area contributed by atoms with E-state index < -0.39 is 15.3 Å². The number of carbonyl (C=O) groups is 2. The van der Waals surface area contributed by atoms with E-state index >= 15 is 0 Å². The number of aliphatic imine (C=N–C) groups is 1. The minimum absolute atomic E-state index is 0.0372. The highest BCUT2D eigenvalue weighted by Gasteiger charge is 2.33. The molecule has 11 heteroatoms. The summed E-state index contributed by atoms with van der Waals surface area (Å²) < 4.78 is 27.8. The van der Waals surface area contributed by atoms with E-state index in [9.17, 15) is 18.0 Å². The normalized spacial score (nSPS) is 18.0. The summed E-state index contributed by atoms with van der Waals surface area (Å²) in [6.07, 6.45) is 0.590. The lowest BCUT2D eigenvalue weighted by Crippen LogP contribution is -2.45. The molecule has 0 radical (unpaired) electrons. The average Bonchev–Trinajstić information content (AvgIpc) is 2.77. The maximum absolute atomic E-state index is 12.6.